The summed E-state index contributed by atoms with van der Waals surface area (Å²) in [5, 5.41) is 16.2. The van der Waals surface area contributed by atoms with Crippen LogP contribution in [0.3, 0.4) is 0 Å². The van der Waals surface area contributed by atoms with E-state index in [-0.39, 0.29) is 11.8 Å². The predicted octanol–water partition coefficient (Wildman–Crippen LogP) is 4.23. The number of aromatic hydroxyl groups is 1. The van der Waals surface area contributed by atoms with Crippen molar-refractivity contribution in [3.05, 3.63) is 34.3 Å². The average molecular weight is 297 g/mol. The fourth-order valence-electron chi connectivity index (χ4n) is 1.72. The summed E-state index contributed by atoms with van der Waals surface area (Å²) in [5.74, 6) is 0.0974. The lowest BCUT2D eigenvalue weighted by Gasteiger charge is -2.09. The standard InChI is InChI=1S/C14H17ClN2OS/c1-3-6-16-9(2)12-8-19-14(17-12)10-4-5-13(18)11(15)7-10/h4-5,7-9,16,18H,3,6H2,1-2H3. The van der Waals surface area contributed by atoms with Crippen molar-refractivity contribution in [1.82, 2.24) is 10.3 Å². The molecule has 2 rings (SSSR count). The third-order valence-electron chi connectivity index (χ3n) is 2.86. The number of rotatable bonds is 5. The van der Waals surface area contributed by atoms with Crippen LogP contribution >= 0.6 is 22.9 Å². The van der Waals surface area contributed by atoms with Crippen molar-refractivity contribution in [3.8, 4) is 16.3 Å². The van der Waals surface area contributed by atoms with Crippen molar-refractivity contribution in [2.45, 2.75) is 26.3 Å². The monoisotopic (exact) mass is 296 g/mol. The van der Waals surface area contributed by atoms with Gasteiger partial charge in [-0.2, -0.15) is 0 Å². The van der Waals surface area contributed by atoms with Crippen LogP contribution in [-0.4, -0.2) is 16.6 Å². The summed E-state index contributed by atoms with van der Waals surface area (Å²) < 4.78 is 0. The summed E-state index contributed by atoms with van der Waals surface area (Å²) in [6.45, 7) is 5.24. The molecule has 0 aliphatic heterocycles. The van der Waals surface area contributed by atoms with E-state index in [0.717, 1.165) is 29.2 Å². The van der Waals surface area contributed by atoms with Gasteiger partial charge in [-0.1, -0.05) is 18.5 Å². The zero-order chi connectivity index (χ0) is 13.8. The van der Waals surface area contributed by atoms with Crippen LogP contribution < -0.4 is 5.32 Å². The molecule has 0 fully saturated rings. The largest absolute Gasteiger partial charge is 0.506 e. The van der Waals surface area contributed by atoms with Gasteiger partial charge in [-0.15, -0.1) is 11.3 Å². The van der Waals surface area contributed by atoms with Gasteiger partial charge in [0, 0.05) is 17.0 Å². The summed E-state index contributed by atoms with van der Waals surface area (Å²) in [6, 6.07) is 5.41. The second-order valence-electron chi connectivity index (χ2n) is 4.42. The number of nitrogens with zero attached hydrogens (tertiary/aromatic N) is 1. The average Bonchev–Trinajstić information content (AvgIpc) is 2.89. The summed E-state index contributed by atoms with van der Waals surface area (Å²) >= 11 is 7.50. The van der Waals surface area contributed by atoms with Crippen molar-refractivity contribution in [2.75, 3.05) is 6.54 Å². The van der Waals surface area contributed by atoms with Crippen LogP contribution in [0.2, 0.25) is 5.02 Å². The molecule has 0 spiro atoms. The lowest BCUT2D eigenvalue weighted by Crippen LogP contribution is -2.19. The summed E-state index contributed by atoms with van der Waals surface area (Å²) in [6.07, 6.45) is 1.11. The Morgan fingerprint density at radius 3 is 2.95 bits per heavy atom. The zero-order valence-electron chi connectivity index (χ0n) is 11.0. The van der Waals surface area contributed by atoms with Gasteiger partial charge in [0.1, 0.15) is 10.8 Å². The molecule has 2 N–H and O–H groups in total. The Kier molecular flexibility index (Phi) is 4.80. The second-order valence-corrected chi connectivity index (χ2v) is 5.68. The Morgan fingerprint density at radius 2 is 2.26 bits per heavy atom. The number of halogens is 1. The van der Waals surface area contributed by atoms with Crippen molar-refractivity contribution < 1.29 is 5.11 Å². The van der Waals surface area contributed by atoms with E-state index >= 15 is 0 Å². The number of hydrogen-bond donors (Lipinski definition) is 2. The molecule has 1 aromatic carbocycles. The molecule has 3 nitrogen and oxygen atoms in total. The van der Waals surface area contributed by atoms with Gasteiger partial charge >= 0.3 is 0 Å². The zero-order valence-corrected chi connectivity index (χ0v) is 12.6. The van der Waals surface area contributed by atoms with Crippen molar-refractivity contribution in [1.29, 1.82) is 0 Å². The molecule has 19 heavy (non-hydrogen) atoms. The Labute approximate surface area is 122 Å². The molecule has 0 amide bonds. The molecule has 1 unspecified atom stereocenters. The van der Waals surface area contributed by atoms with Gasteiger partial charge in [-0.3, -0.25) is 0 Å². The van der Waals surface area contributed by atoms with Crippen molar-refractivity contribution >= 4 is 22.9 Å². The van der Waals surface area contributed by atoms with Crippen LogP contribution in [0.1, 0.15) is 32.0 Å². The molecule has 102 valence electrons. The van der Waals surface area contributed by atoms with Gasteiger partial charge in [-0.05, 0) is 38.1 Å². The lowest BCUT2D eigenvalue weighted by molar-refractivity contribution is 0.475. The number of benzene rings is 1. The van der Waals surface area contributed by atoms with Crippen LogP contribution in [0.25, 0.3) is 10.6 Å². The molecular weight excluding hydrogens is 280 g/mol. The second kappa shape index (κ2) is 6.37. The Morgan fingerprint density at radius 1 is 1.47 bits per heavy atom. The summed E-state index contributed by atoms with van der Waals surface area (Å²) in [5.41, 5.74) is 1.97. The van der Waals surface area contributed by atoms with Gasteiger partial charge in [0.25, 0.3) is 0 Å². The number of hydrogen-bond acceptors (Lipinski definition) is 4. The molecule has 0 saturated carbocycles. The maximum atomic E-state index is 9.42. The van der Waals surface area contributed by atoms with E-state index in [0.29, 0.717) is 5.02 Å². The molecule has 2 aromatic rings. The first-order valence-corrected chi connectivity index (χ1v) is 7.55. The maximum absolute atomic E-state index is 9.42. The van der Waals surface area contributed by atoms with Gasteiger partial charge in [0.15, 0.2) is 0 Å². The predicted molar refractivity (Wildman–Crippen MR) is 80.9 cm³/mol. The molecule has 0 bridgehead atoms. The highest BCUT2D eigenvalue weighted by Crippen LogP contribution is 2.31. The van der Waals surface area contributed by atoms with Crippen molar-refractivity contribution in [2.24, 2.45) is 0 Å². The number of aromatic nitrogens is 1. The third-order valence-corrected chi connectivity index (χ3v) is 4.07. The Hall–Kier alpha value is -1.10. The molecular formula is C14H17ClN2OS. The molecule has 0 saturated heterocycles. The first kappa shape index (κ1) is 14.3. The van der Waals surface area contributed by atoms with E-state index in [1.807, 2.05) is 6.07 Å². The van der Waals surface area contributed by atoms with Gasteiger partial charge in [-0.25, -0.2) is 4.98 Å². The van der Waals surface area contributed by atoms with Crippen LogP contribution in [-0.2, 0) is 0 Å². The van der Waals surface area contributed by atoms with Crippen LogP contribution in [0.5, 0.6) is 5.75 Å². The molecule has 5 heteroatoms. The highest BCUT2D eigenvalue weighted by atomic mass is 35.5. The molecule has 0 radical (unpaired) electrons. The van der Waals surface area contributed by atoms with Gasteiger partial charge in [0.2, 0.25) is 0 Å². The minimum absolute atomic E-state index is 0.0974. The van der Waals surface area contributed by atoms with Crippen LogP contribution in [0.15, 0.2) is 23.6 Å². The van der Waals surface area contributed by atoms with E-state index in [1.54, 1.807) is 23.5 Å². The van der Waals surface area contributed by atoms with E-state index in [9.17, 15) is 5.11 Å². The third kappa shape index (κ3) is 3.47. The highest BCUT2D eigenvalue weighted by molar-refractivity contribution is 7.13. The van der Waals surface area contributed by atoms with Crippen LogP contribution in [0.4, 0.5) is 0 Å². The smallest absolute Gasteiger partial charge is 0.134 e. The Bertz CT molecular complexity index is 556. The quantitative estimate of drug-likeness (QED) is 0.868. The molecule has 1 aromatic heterocycles. The van der Waals surface area contributed by atoms with E-state index in [4.69, 9.17) is 11.6 Å². The van der Waals surface area contributed by atoms with Crippen molar-refractivity contribution in [3.63, 3.8) is 0 Å². The number of thiazole rings is 1. The number of phenols is 1. The normalized spacial score (nSPS) is 12.6. The fraction of sp³-hybridized carbons (Fsp3) is 0.357. The number of nitrogens with one attached hydrogen (secondary N) is 1. The molecule has 0 aliphatic carbocycles. The molecule has 1 atom stereocenters. The summed E-state index contributed by atoms with van der Waals surface area (Å²) in [7, 11) is 0. The first-order valence-electron chi connectivity index (χ1n) is 6.29. The van der Waals surface area contributed by atoms with E-state index < -0.39 is 0 Å². The van der Waals surface area contributed by atoms with E-state index in [2.05, 4.69) is 29.5 Å². The molecule has 1 heterocycles. The fourth-order valence-corrected chi connectivity index (χ4v) is 2.81. The minimum atomic E-state index is 0.0974. The van der Waals surface area contributed by atoms with Gasteiger partial charge in [0.05, 0.1) is 10.7 Å². The number of phenolic OH excluding ortho intramolecular Hbond substituents is 1. The SMILES string of the molecule is CCCNC(C)c1csc(-c2ccc(O)c(Cl)c2)n1. The highest BCUT2D eigenvalue weighted by Gasteiger charge is 2.11. The van der Waals surface area contributed by atoms with Crippen LogP contribution in [0, 0.1) is 0 Å². The molecule has 0 aliphatic rings. The lowest BCUT2D eigenvalue weighted by atomic mass is 10.2. The summed E-state index contributed by atoms with van der Waals surface area (Å²) in [4.78, 5) is 4.62. The van der Waals surface area contributed by atoms with E-state index in [1.165, 1.54) is 0 Å². The topological polar surface area (TPSA) is 45.1 Å². The maximum Gasteiger partial charge on any atom is 0.134 e. The minimum Gasteiger partial charge on any atom is -0.506 e. The Balaban J connectivity index is 2.18. The first-order chi connectivity index (χ1) is 9.11. The van der Waals surface area contributed by atoms with Gasteiger partial charge < -0.3 is 10.4 Å².